The third-order valence-electron chi connectivity index (χ3n) is 10.0. The first-order chi connectivity index (χ1) is 22.6. The number of para-hydroxylation sites is 1. The van der Waals surface area contributed by atoms with Crippen LogP contribution in [0.25, 0.3) is 54.6 Å². The lowest BCUT2D eigenvalue weighted by molar-refractivity contribution is 0.660. The summed E-state index contributed by atoms with van der Waals surface area (Å²) in [6.45, 7) is 4.69. The molecule has 1 nitrogen and oxygen atoms in total. The molecule has 0 radical (unpaired) electrons. The fourth-order valence-electron chi connectivity index (χ4n) is 7.83. The zero-order chi connectivity index (χ0) is 30.8. The van der Waals surface area contributed by atoms with Crippen LogP contribution in [0.3, 0.4) is 0 Å². The molecule has 46 heavy (non-hydrogen) atoms. The molecule has 0 bridgehead atoms. The second kappa shape index (κ2) is 10.2. The molecule has 218 valence electrons. The van der Waals surface area contributed by atoms with Crippen LogP contribution in [0.2, 0.25) is 0 Å². The van der Waals surface area contributed by atoms with Gasteiger partial charge in [-0.05, 0) is 79.0 Å². The van der Waals surface area contributed by atoms with E-state index in [9.17, 15) is 0 Å². The van der Waals surface area contributed by atoms with Crippen LogP contribution in [0.1, 0.15) is 25.0 Å². The van der Waals surface area contributed by atoms with Crippen LogP contribution in [0, 0.1) is 0 Å². The molecule has 1 heteroatoms. The lowest BCUT2D eigenvalue weighted by Gasteiger charge is -2.30. The molecule has 0 aromatic heterocycles. The average molecular weight is 588 g/mol. The fraction of sp³-hybridized carbons (Fsp3) is 0.0667. The Morgan fingerprint density at radius 1 is 0.413 bits per heavy atom. The van der Waals surface area contributed by atoms with Crippen LogP contribution in [-0.4, -0.2) is 0 Å². The van der Waals surface area contributed by atoms with Gasteiger partial charge in [-0.15, -0.1) is 0 Å². The van der Waals surface area contributed by atoms with Gasteiger partial charge in [-0.2, -0.15) is 0 Å². The largest absolute Gasteiger partial charge is 0.309 e. The summed E-state index contributed by atoms with van der Waals surface area (Å²) in [6, 6.07) is 60.2. The van der Waals surface area contributed by atoms with E-state index in [2.05, 4.69) is 183 Å². The van der Waals surface area contributed by atoms with Gasteiger partial charge in [0.1, 0.15) is 0 Å². The van der Waals surface area contributed by atoms with Crippen LogP contribution in [0.15, 0.2) is 164 Å². The highest BCUT2D eigenvalue weighted by atomic mass is 15.1. The van der Waals surface area contributed by atoms with Crippen LogP contribution in [0.5, 0.6) is 0 Å². The second-order valence-corrected chi connectivity index (χ2v) is 12.9. The van der Waals surface area contributed by atoms with E-state index in [0.717, 1.165) is 11.4 Å². The summed E-state index contributed by atoms with van der Waals surface area (Å²) in [7, 11) is 0. The van der Waals surface area contributed by atoms with Crippen molar-refractivity contribution in [2.24, 2.45) is 0 Å². The molecule has 0 heterocycles. The van der Waals surface area contributed by atoms with E-state index in [4.69, 9.17) is 0 Å². The Labute approximate surface area is 270 Å². The Bertz CT molecular complexity index is 2450. The molecule has 8 aromatic carbocycles. The van der Waals surface area contributed by atoms with E-state index in [1.807, 2.05) is 0 Å². The first-order valence-corrected chi connectivity index (χ1v) is 16.1. The monoisotopic (exact) mass is 587 g/mol. The zero-order valence-electron chi connectivity index (χ0n) is 26.0. The first-order valence-electron chi connectivity index (χ1n) is 16.1. The Hall–Kier alpha value is -5.66. The van der Waals surface area contributed by atoms with Crippen LogP contribution in [0.4, 0.5) is 17.1 Å². The molecular weight excluding hydrogens is 555 g/mol. The number of fused-ring (bicyclic) bond motifs is 8. The molecule has 9 rings (SSSR count). The van der Waals surface area contributed by atoms with Gasteiger partial charge in [-0.3, -0.25) is 0 Å². The van der Waals surface area contributed by atoms with Crippen molar-refractivity contribution >= 4 is 49.4 Å². The number of hydrogen-bond donors (Lipinski definition) is 0. The van der Waals surface area contributed by atoms with E-state index in [1.165, 1.54) is 71.4 Å². The summed E-state index contributed by atoms with van der Waals surface area (Å²) >= 11 is 0. The third kappa shape index (κ3) is 3.95. The van der Waals surface area contributed by atoms with Crippen molar-refractivity contribution in [1.29, 1.82) is 0 Å². The van der Waals surface area contributed by atoms with Crippen molar-refractivity contribution in [1.82, 2.24) is 0 Å². The van der Waals surface area contributed by atoms with Crippen molar-refractivity contribution in [3.05, 3.63) is 175 Å². The van der Waals surface area contributed by atoms with Gasteiger partial charge in [0.25, 0.3) is 0 Å². The van der Waals surface area contributed by atoms with Crippen molar-refractivity contribution in [3.63, 3.8) is 0 Å². The minimum atomic E-state index is -0.0450. The van der Waals surface area contributed by atoms with Gasteiger partial charge in [-0.25, -0.2) is 0 Å². The summed E-state index contributed by atoms with van der Waals surface area (Å²) in [5, 5.41) is 7.61. The predicted octanol–water partition coefficient (Wildman–Crippen LogP) is 12.6. The highest BCUT2D eigenvalue weighted by Crippen LogP contribution is 2.52. The lowest BCUT2D eigenvalue weighted by Crippen LogP contribution is -2.15. The van der Waals surface area contributed by atoms with E-state index < -0.39 is 0 Å². The molecule has 0 aliphatic heterocycles. The molecule has 0 amide bonds. The van der Waals surface area contributed by atoms with Crippen LogP contribution >= 0.6 is 0 Å². The van der Waals surface area contributed by atoms with Crippen LogP contribution < -0.4 is 4.90 Å². The maximum absolute atomic E-state index is 2.48. The van der Waals surface area contributed by atoms with Gasteiger partial charge in [0.2, 0.25) is 0 Å². The molecular formula is C45H33N. The maximum atomic E-state index is 2.48. The van der Waals surface area contributed by atoms with Gasteiger partial charge in [0, 0.05) is 22.1 Å². The van der Waals surface area contributed by atoms with E-state index in [-0.39, 0.29) is 5.41 Å². The van der Waals surface area contributed by atoms with Gasteiger partial charge < -0.3 is 4.90 Å². The molecule has 0 saturated heterocycles. The molecule has 0 unspecified atom stereocenters. The Kier molecular flexibility index (Phi) is 5.92. The summed E-state index contributed by atoms with van der Waals surface area (Å²) in [6.07, 6.45) is 0. The minimum absolute atomic E-state index is 0.0450. The summed E-state index contributed by atoms with van der Waals surface area (Å²) < 4.78 is 0. The SMILES string of the molecule is CC1(C)c2ccccc2-c2cc(N(c3ccccc3-c3ccccc3)c3cccc4c3ccc3ccc5ccccc5c34)ccc21. The summed E-state index contributed by atoms with van der Waals surface area (Å²) in [5.74, 6) is 0. The topological polar surface area (TPSA) is 3.24 Å². The number of anilines is 3. The Morgan fingerprint density at radius 3 is 1.96 bits per heavy atom. The zero-order valence-corrected chi connectivity index (χ0v) is 26.0. The minimum Gasteiger partial charge on any atom is -0.309 e. The Balaban J connectivity index is 1.36. The normalized spacial score (nSPS) is 13.2. The summed E-state index contributed by atoms with van der Waals surface area (Å²) in [5.41, 5.74) is 11.3. The quantitative estimate of drug-likeness (QED) is 0.185. The van der Waals surface area contributed by atoms with Crippen molar-refractivity contribution in [3.8, 4) is 22.3 Å². The Morgan fingerprint density at radius 2 is 1.07 bits per heavy atom. The highest BCUT2D eigenvalue weighted by molar-refractivity contribution is 6.22. The number of rotatable bonds is 4. The second-order valence-electron chi connectivity index (χ2n) is 12.9. The molecule has 0 atom stereocenters. The van der Waals surface area contributed by atoms with Crippen molar-refractivity contribution < 1.29 is 0 Å². The first kappa shape index (κ1) is 26.7. The molecule has 0 saturated carbocycles. The van der Waals surface area contributed by atoms with Gasteiger partial charge in [0.15, 0.2) is 0 Å². The summed E-state index contributed by atoms with van der Waals surface area (Å²) in [4.78, 5) is 2.48. The smallest absolute Gasteiger partial charge is 0.0540 e. The molecule has 0 spiro atoms. The van der Waals surface area contributed by atoms with Gasteiger partial charge in [0.05, 0.1) is 11.4 Å². The van der Waals surface area contributed by atoms with Crippen molar-refractivity contribution in [2.75, 3.05) is 4.90 Å². The molecule has 1 aliphatic rings. The van der Waals surface area contributed by atoms with E-state index in [0.29, 0.717) is 0 Å². The van der Waals surface area contributed by atoms with Gasteiger partial charge in [-0.1, -0.05) is 153 Å². The molecule has 8 aromatic rings. The standard InChI is InChI=1S/C45H33N/c1-45(2)40-20-10-8-18-36(40)39-29-33(26-28-41(39)45)46(42-21-11-9-16-34(42)30-13-4-3-5-14-30)43-22-12-19-38-37(43)27-25-32-24-23-31-15-6-7-17-35(31)44(32)38/h3-29H,1-2H3. The van der Waals surface area contributed by atoms with E-state index in [1.54, 1.807) is 0 Å². The van der Waals surface area contributed by atoms with E-state index >= 15 is 0 Å². The number of benzene rings is 8. The third-order valence-corrected chi connectivity index (χ3v) is 10.0. The molecule has 0 N–H and O–H groups in total. The number of hydrogen-bond acceptors (Lipinski definition) is 1. The molecule has 0 fully saturated rings. The maximum Gasteiger partial charge on any atom is 0.0540 e. The average Bonchev–Trinajstić information content (AvgIpc) is 3.34. The number of nitrogens with zero attached hydrogens (tertiary/aromatic N) is 1. The lowest BCUT2D eigenvalue weighted by atomic mass is 9.82. The highest BCUT2D eigenvalue weighted by Gasteiger charge is 2.35. The fourth-order valence-corrected chi connectivity index (χ4v) is 7.83. The van der Waals surface area contributed by atoms with Gasteiger partial charge >= 0.3 is 0 Å². The van der Waals surface area contributed by atoms with Crippen molar-refractivity contribution in [2.45, 2.75) is 19.3 Å². The predicted molar refractivity (Wildman–Crippen MR) is 197 cm³/mol. The van der Waals surface area contributed by atoms with Crippen LogP contribution in [-0.2, 0) is 5.41 Å². The molecule has 1 aliphatic carbocycles.